The lowest BCUT2D eigenvalue weighted by molar-refractivity contribution is -0.127. The van der Waals surface area contributed by atoms with Crippen molar-refractivity contribution in [2.75, 3.05) is 5.32 Å². The number of nitrogens with one attached hydrogen (secondary N) is 2. The van der Waals surface area contributed by atoms with E-state index in [9.17, 15) is 9.59 Å². The lowest BCUT2D eigenvalue weighted by Crippen LogP contribution is -2.28. The molecule has 3 aromatic rings. The standard InChI is InChI=1S/C19H18ClN3O3/c1-11-6-7-13(20)8-14(11)22-17(25)9-16(24)21-10-18-23-19-12(2)4-3-5-15(19)26-18/h3-8H,9-10H2,1-2H3,(H,21,24)(H,22,25). The number of carbonyl (C=O) groups is 2. The monoisotopic (exact) mass is 371 g/mol. The van der Waals surface area contributed by atoms with E-state index in [1.807, 2.05) is 32.0 Å². The van der Waals surface area contributed by atoms with E-state index in [0.29, 0.717) is 22.2 Å². The van der Waals surface area contributed by atoms with Gasteiger partial charge in [-0.05, 0) is 43.2 Å². The number of aromatic nitrogens is 1. The van der Waals surface area contributed by atoms with E-state index in [2.05, 4.69) is 15.6 Å². The van der Waals surface area contributed by atoms with Crippen molar-refractivity contribution in [3.05, 3.63) is 58.4 Å². The van der Waals surface area contributed by atoms with Gasteiger partial charge in [-0.2, -0.15) is 0 Å². The molecule has 3 rings (SSSR count). The molecule has 1 aromatic heterocycles. The molecular formula is C19H18ClN3O3. The van der Waals surface area contributed by atoms with E-state index in [-0.39, 0.29) is 13.0 Å². The van der Waals surface area contributed by atoms with Crippen molar-refractivity contribution < 1.29 is 14.0 Å². The highest BCUT2D eigenvalue weighted by Crippen LogP contribution is 2.20. The first kappa shape index (κ1) is 17.9. The van der Waals surface area contributed by atoms with Gasteiger partial charge >= 0.3 is 0 Å². The minimum Gasteiger partial charge on any atom is -0.439 e. The molecule has 0 fully saturated rings. The van der Waals surface area contributed by atoms with E-state index in [0.717, 1.165) is 16.6 Å². The van der Waals surface area contributed by atoms with Gasteiger partial charge in [0.15, 0.2) is 5.58 Å². The molecule has 1 heterocycles. The Balaban J connectivity index is 1.55. The number of benzene rings is 2. The summed E-state index contributed by atoms with van der Waals surface area (Å²) in [6, 6.07) is 10.8. The Hall–Kier alpha value is -2.86. The van der Waals surface area contributed by atoms with E-state index in [4.69, 9.17) is 16.0 Å². The SMILES string of the molecule is Cc1ccc(Cl)cc1NC(=O)CC(=O)NCc1nc2c(C)cccc2o1. The van der Waals surface area contributed by atoms with Crippen LogP contribution >= 0.6 is 11.6 Å². The number of para-hydroxylation sites is 1. The summed E-state index contributed by atoms with van der Waals surface area (Å²) in [4.78, 5) is 28.4. The summed E-state index contributed by atoms with van der Waals surface area (Å²) in [6.45, 7) is 3.91. The molecule has 0 aliphatic carbocycles. The van der Waals surface area contributed by atoms with Crippen molar-refractivity contribution in [3.63, 3.8) is 0 Å². The largest absolute Gasteiger partial charge is 0.439 e. The second-order valence-electron chi connectivity index (χ2n) is 5.99. The number of nitrogens with zero attached hydrogens (tertiary/aromatic N) is 1. The first-order valence-electron chi connectivity index (χ1n) is 8.10. The Bertz CT molecular complexity index is 981. The van der Waals surface area contributed by atoms with Crippen LogP contribution in [0.3, 0.4) is 0 Å². The molecule has 0 saturated heterocycles. The number of hydrogen-bond acceptors (Lipinski definition) is 4. The number of halogens is 1. The molecule has 0 bridgehead atoms. The van der Waals surface area contributed by atoms with Gasteiger partial charge in [-0.3, -0.25) is 9.59 Å². The van der Waals surface area contributed by atoms with Gasteiger partial charge in [0.25, 0.3) is 0 Å². The molecule has 2 amide bonds. The number of oxazole rings is 1. The lowest BCUT2D eigenvalue weighted by Gasteiger charge is -2.08. The molecule has 0 unspecified atom stereocenters. The Morgan fingerprint density at radius 3 is 2.69 bits per heavy atom. The van der Waals surface area contributed by atoms with Crippen LogP contribution in [-0.2, 0) is 16.1 Å². The average molecular weight is 372 g/mol. The van der Waals surface area contributed by atoms with Crippen molar-refractivity contribution >= 4 is 40.2 Å². The number of anilines is 1. The smallest absolute Gasteiger partial charge is 0.233 e. The van der Waals surface area contributed by atoms with E-state index < -0.39 is 11.8 Å². The third-order valence-corrected chi connectivity index (χ3v) is 4.13. The topological polar surface area (TPSA) is 84.2 Å². The Labute approximate surface area is 155 Å². The second kappa shape index (κ2) is 7.58. The predicted molar refractivity (Wildman–Crippen MR) is 100 cm³/mol. The zero-order valence-corrected chi connectivity index (χ0v) is 15.2. The zero-order chi connectivity index (χ0) is 18.7. The van der Waals surface area contributed by atoms with Gasteiger partial charge < -0.3 is 15.1 Å². The van der Waals surface area contributed by atoms with Gasteiger partial charge in [-0.25, -0.2) is 4.98 Å². The van der Waals surface area contributed by atoms with Crippen LogP contribution in [0.15, 0.2) is 40.8 Å². The summed E-state index contributed by atoms with van der Waals surface area (Å²) in [5.74, 6) is -0.434. The predicted octanol–water partition coefficient (Wildman–Crippen LogP) is 3.74. The molecule has 0 saturated carbocycles. The first-order chi connectivity index (χ1) is 12.4. The van der Waals surface area contributed by atoms with Crippen molar-refractivity contribution in [1.29, 1.82) is 0 Å². The number of aryl methyl sites for hydroxylation is 2. The van der Waals surface area contributed by atoms with Crippen LogP contribution in [0.25, 0.3) is 11.1 Å². The van der Waals surface area contributed by atoms with Gasteiger partial charge in [-0.1, -0.05) is 29.8 Å². The molecule has 0 atom stereocenters. The molecule has 6 nitrogen and oxygen atoms in total. The van der Waals surface area contributed by atoms with Crippen LogP contribution in [0.4, 0.5) is 5.69 Å². The molecule has 7 heteroatoms. The molecule has 0 aliphatic heterocycles. The molecule has 2 N–H and O–H groups in total. The van der Waals surface area contributed by atoms with Crippen molar-refractivity contribution in [2.45, 2.75) is 26.8 Å². The number of carbonyl (C=O) groups excluding carboxylic acids is 2. The third-order valence-electron chi connectivity index (χ3n) is 3.90. The molecule has 0 aliphatic rings. The van der Waals surface area contributed by atoms with Crippen LogP contribution in [0.2, 0.25) is 5.02 Å². The van der Waals surface area contributed by atoms with Crippen molar-refractivity contribution in [3.8, 4) is 0 Å². The minimum atomic E-state index is -0.416. The maximum atomic E-state index is 12.0. The average Bonchev–Trinajstić information content (AvgIpc) is 3.01. The quantitative estimate of drug-likeness (QED) is 0.669. The summed E-state index contributed by atoms with van der Waals surface area (Å²) in [6.07, 6.45) is -0.300. The molecule has 0 spiro atoms. The van der Waals surface area contributed by atoms with Gasteiger partial charge in [0, 0.05) is 10.7 Å². The highest BCUT2D eigenvalue weighted by atomic mass is 35.5. The maximum Gasteiger partial charge on any atom is 0.233 e. The molecular weight excluding hydrogens is 354 g/mol. The fourth-order valence-corrected chi connectivity index (χ4v) is 2.69. The normalized spacial score (nSPS) is 10.7. The van der Waals surface area contributed by atoms with Gasteiger partial charge in [0.05, 0.1) is 6.54 Å². The molecule has 134 valence electrons. The third kappa shape index (κ3) is 4.21. The minimum absolute atomic E-state index is 0.121. The first-order valence-corrected chi connectivity index (χ1v) is 8.48. The number of hydrogen-bond donors (Lipinski definition) is 2. The van der Waals surface area contributed by atoms with Crippen molar-refractivity contribution in [2.24, 2.45) is 0 Å². The van der Waals surface area contributed by atoms with Crippen molar-refractivity contribution in [1.82, 2.24) is 10.3 Å². The summed E-state index contributed by atoms with van der Waals surface area (Å²) in [5, 5.41) is 5.84. The van der Waals surface area contributed by atoms with Gasteiger partial charge in [0.1, 0.15) is 11.9 Å². The summed E-state index contributed by atoms with van der Waals surface area (Å²) >= 11 is 5.92. The Morgan fingerprint density at radius 1 is 1.12 bits per heavy atom. The summed E-state index contributed by atoms with van der Waals surface area (Å²) < 4.78 is 5.59. The number of rotatable bonds is 5. The van der Waals surface area contributed by atoms with E-state index in [1.165, 1.54) is 0 Å². The summed E-state index contributed by atoms with van der Waals surface area (Å²) in [7, 11) is 0. The summed E-state index contributed by atoms with van der Waals surface area (Å²) in [5.41, 5.74) is 3.89. The number of fused-ring (bicyclic) bond motifs is 1. The fraction of sp³-hybridized carbons (Fsp3) is 0.211. The van der Waals surface area contributed by atoms with Crippen LogP contribution in [0.1, 0.15) is 23.4 Å². The molecule has 26 heavy (non-hydrogen) atoms. The van der Waals surface area contributed by atoms with Crippen LogP contribution < -0.4 is 10.6 Å². The Morgan fingerprint density at radius 2 is 1.92 bits per heavy atom. The van der Waals surface area contributed by atoms with Gasteiger partial charge in [-0.15, -0.1) is 0 Å². The highest BCUT2D eigenvalue weighted by molar-refractivity contribution is 6.31. The number of amides is 2. The van der Waals surface area contributed by atoms with E-state index in [1.54, 1.807) is 18.2 Å². The molecule has 2 aromatic carbocycles. The van der Waals surface area contributed by atoms with Crippen LogP contribution in [0.5, 0.6) is 0 Å². The van der Waals surface area contributed by atoms with Crippen LogP contribution in [-0.4, -0.2) is 16.8 Å². The molecule has 0 radical (unpaired) electrons. The van der Waals surface area contributed by atoms with Crippen LogP contribution in [0, 0.1) is 13.8 Å². The second-order valence-corrected chi connectivity index (χ2v) is 6.43. The zero-order valence-electron chi connectivity index (χ0n) is 14.4. The maximum absolute atomic E-state index is 12.0. The van der Waals surface area contributed by atoms with Gasteiger partial charge in [0.2, 0.25) is 17.7 Å². The Kier molecular flexibility index (Phi) is 5.23. The highest BCUT2D eigenvalue weighted by Gasteiger charge is 2.13. The fourth-order valence-electron chi connectivity index (χ4n) is 2.51. The lowest BCUT2D eigenvalue weighted by atomic mass is 10.2. The van der Waals surface area contributed by atoms with E-state index >= 15 is 0 Å².